The Labute approximate surface area is 369 Å². The molecule has 0 saturated carbocycles. The van der Waals surface area contributed by atoms with E-state index in [9.17, 15) is 19.2 Å². The number of amides is 4. The third-order valence-corrected chi connectivity index (χ3v) is 9.14. The molecule has 19 heteroatoms. The number of benzene rings is 2. The number of imide groups is 2. The van der Waals surface area contributed by atoms with Gasteiger partial charge in [-0.1, -0.05) is 24.3 Å². The Morgan fingerprint density at radius 3 is 0.540 bits per heavy atom. The average molecular weight is 893 g/mol. The van der Waals surface area contributed by atoms with Crippen molar-refractivity contribution in [3.8, 4) is 0 Å². The lowest BCUT2D eigenvalue weighted by Gasteiger charge is -2.13. The van der Waals surface area contributed by atoms with Crippen molar-refractivity contribution >= 4 is 23.6 Å². The number of carbonyl (C=O) groups is 4. The van der Waals surface area contributed by atoms with Gasteiger partial charge in [-0.3, -0.25) is 29.0 Å². The Morgan fingerprint density at radius 2 is 0.381 bits per heavy atom. The van der Waals surface area contributed by atoms with Crippen LogP contribution in [0.2, 0.25) is 0 Å². The number of rotatable bonds is 42. The molecule has 0 radical (unpaired) electrons. The van der Waals surface area contributed by atoms with Crippen molar-refractivity contribution in [2.75, 3.05) is 185 Å². The summed E-state index contributed by atoms with van der Waals surface area (Å²) in [6.07, 6.45) is 0. The maximum atomic E-state index is 12.3. The molecule has 352 valence electrons. The molecule has 2 aromatic rings. The van der Waals surface area contributed by atoms with Crippen LogP contribution in [-0.4, -0.2) is 218 Å². The maximum Gasteiger partial charge on any atom is 0.261 e. The van der Waals surface area contributed by atoms with E-state index >= 15 is 0 Å². The van der Waals surface area contributed by atoms with Crippen molar-refractivity contribution in [3.63, 3.8) is 0 Å². The second-order valence-electron chi connectivity index (χ2n) is 13.6. The molecule has 0 aromatic heterocycles. The largest absolute Gasteiger partial charge is 0.377 e. The van der Waals surface area contributed by atoms with Gasteiger partial charge < -0.3 is 61.6 Å². The third kappa shape index (κ3) is 20.7. The highest BCUT2D eigenvalue weighted by molar-refractivity contribution is 6.22. The van der Waals surface area contributed by atoms with Crippen LogP contribution in [0.5, 0.6) is 0 Å². The first-order chi connectivity index (χ1) is 31.1. The summed E-state index contributed by atoms with van der Waals surface area (Å²) in [6, 6.07) is 13.6. The van der Waals surface area contributed by atoms with Crippen molar-refractivity contribution in [2.24, 2.45) is 0 Å². The molecule has 19 nitrogen and oxygen atoms in total. The molecular weight excluding hydrogens is 828 g/mol. The van der Waals surface area contributed by atoms with Gasteiger partial charge in [0.15, 0.2) is 0 Å². The second-order valence-corrected chi connectivity index (χ2v) is 13.6. The van der Waals surface area contributed by atoms with Crippen molar-refractivity contribution in [3.05, 3.63) is 70.8 Å². The van der Waals surface area contributed by atoms with Crippen LogP contribution < -0.4 is 0 Å². The van der Waals surface area contributed by atoms with Gasteiger partial charge in [0.1, 0.15) is 0 Å². The Hall–Kier alpha value is -3.80. The summed E-state index contributed by atoms with van der Waals surface area (Å²) in [6.45, 7) is 11.5. The minimum atomic E-state index is -0.284. The molecule has 0 N–H and O–H groups in total. The second kappa shape index (κ2) is 33.7. The smallest absolute Gasteiger partial charge is 0.261 e. The summed E-state index contributed by atoms with van der Waals surface area (Å²) in [5.41, 5.74) is 1.74. The number of hydrogen-bond acceptors (Lipinski definition) is 17. The lowest BCUT2D eigenvalue weighted by atomic mass is 10.1. The van der Waals surface area contributed by atoms with Crippen LogP contribution in [0, 0.1) is 0 Å². The van der Waals surface area contributed by atoms with Crippen LogP contribution in [0.25, 0.3) is 0 Å². The molecule has 0 unspecified atom stereocenters. The molecule has 4 amide bonds. The minimum Gasteiger partial charge on any atom is -0.377 e. The average Bonchev–Trinajstić information content (AvgIpc) is 3.69. The van der Waals surface area contributed by atoms with Crippen molar-refractivity contribution < 1.29 is 80.8 Å². The molecule has 2 aromatic carbocycles. The van der Waals surface area contributed by atoms with E-state index in [2.05, 4.69) is 0 Å². The predicted octanol–water partition coefficient (Wildman–Crippen LogP) is 1.79. The monoisotopic (exact) mass is 892 g/mol. The lowest BCUT2D eigenvalue weighted by molar-refractivity contribution is -0.0291. The molecule has 2 heterocycles. The van der Waals surface area contributed by atoms with E-state index < -0.39 is 0 Å². The van der Waals surface area contributed by atoms with Gasteiger partial charge in [-0.15, -0.1) is 0 Å². The van der Waals surface area contributed by atoms with Gasteiger partial charge in [0, 0.05) is 0 Å². The first kappa shape index (κ1) is 51.8. The fraction of sp³-hybridized carbons (Fsp3) is 0.636. The number of nitrogens with zero attached hydrogens (tertiary/aromatic N) is 2. The molecule has 2 aliphatic heterocycles. The Bertz CT molecular complexity index is 1400. The van der Waals surface area contributed by atoms with Gasteiger partial charge in [0.2, 0.25) is 0 Å². The number of hydrogen-bond donors (Lipinski definition) is 0. The van der Waals surface area contributed by atoms with Gasteiger partial charge in [-0.2, -0.15) is 0 Å². The van der Waals surface area contributed by atoms with Crippen LogP contribution in [0.15, 0.2) is 48.5 Å². The molecule has 0 saturated heterocycles. The highest BCUT2D eigenvalue weighted by Gasteiger charge is 2.35. The van der Waals surface area contributed by atoms with E-state index in [-0.39, 0.29) is 49.9 Å². The lowest BCUT2D eigenvalue weighted by Crippen LogP contribution is -2.33. The van der Waals surface area contributed by atoms with Gasteiger partial charge in [0.25, 0.3) is 23.6 Å². The Balaban J connectivity index is 0.742. The van der Waals surface area contributed by atoms with Gasteiger partial charge in [-0.05, 0) is 24.3 Å². The maximum absolute atomic E-state index is 12.3. The number of ether oxygens (including phenoxy) is 13. The van der Waals surface area contributed by atoms with Crippen LogP contribution in [0.4, 0.5) is 0 Å². The molecule has 63 heavy (non-hydrogen) atoms. The van der Waals surface area contributed by atoms with Crippen molar-refractivity contribution in [1.82, 2.24) is 9.80 Å². The van der Waals surface area contributed by atoms with Crippen LogP contribution in [0.3, 0.4) is 0 Å². The highest BCUT2D eigenvalue weighted by Crippen LogP contribution is 2.23. The van der Waals surface area contributed by atoms with E-state index in [0.29, 0.717) is 181 Å². The third-order valence-electron chi connectivity index (χ3n) is 9.14. The molecule has 0 fully saturated rings. The summed E-state index contributed by atoms with van der Waals surface area (Å²) in [5, 5.41) is 0. The highest BCUT2D eigenvalue weighted by atomic mass is 16.6. The molecule has 0 aliphatic carbocycles. The van der Waals surface area contributed by atoms with Gasteiger partial charge in [0.05, 0.1) is 207 Å². The van der Waals surface area contributed by atoms with E-state index in [0.717, 1.165) is 0 Å². The van der Waals surface area contributed by atoms with Crippen LogP contribution in [-0.2, 0) is 61.6 Å². The van der Waals surface area contributed by atoms with E-state index in [4.69, 9.17) is 61.6 Å². The zero-order valence-electron chi connectivity index (χ0n) is 36.3. The van der Waals surface area contributed by atoms with Crippen LogP contribution in [0.1, 0.15) is 41.4 Å². The molecule has 0 bridgehead atoms. The zero-order valence-corrected chi connectivity index (χ0v) is 36.3. The Morgan fingerprint density at radius 1 is 0.238 bits per heavy atom. The molecular formula is C44H64N2O17. The van der Waals surface area contributed by atoms with Crippen LogP contribution >= 0.6 is 0 Å². The molecule has 4 rings (SSSR count). The number of fused-ring (bicyclic) bond motifs is 2. The SMILES string of the molecule is O=C1c2ccccc2C(=O)N1CCOCCOCCOCCOCCOCCOCCOCCOCCOCCOCCOCCOCCOCCN1C(=O)c2ccccc2C1=O. The number of carbonyl (C=O) groups excluding carboxylic acids is 4. The fourth-order valence-electron chi connectivity index (χ4n) is 5.94. The topological polar surface area (TPSA) is 195 Å². The normalized spacial score (nSPS) is 13.5. The zero-order chi connectivity index (χ0) is 44.4. The summed E-state index contributed by atoms with van der Waals surface area (Å²) in [5.74, 6) is -1.14. The Kier molecular flexibility index (Phi) is 27.7. The van der Waals surface area contributed by atoms with Gasteiger partial charge in [-0.25, -0.2) is 0 Å². The standard InChI is InChI=1S/C44H64N2O17/c47-41-37-5-1-2-6-38(37)42(48)45(41)9-11-51-13-15-53-17-19-55-21-23-57-25-27-59-29-31-61-33-35-63-36-34-62-32-30-60-28-26-58-24-22-56-20-18-54-16-14-52-12-10-46-43(49)39-7-3-4-8-40(39)44(46)50/h1-8H,9-36H2. The van der Waals surface area contributed by atoms with E-state index in [1.807, 2.05) is 0 Å². The summed E-state index contributed by atoms with van der Waals surface area (Å²) >= 11 is 0. The van der Waals surface area contributed by atoms with Crippen molar-refractivity contribution in [2.45, 2.75) is 0 Å². The molecule has 0 spiro atoms. The minimum absolute atomic E-state index is 0.205. The molecule has 2 aliphatic rings. The fourth-order valence-corrected chi connectivity index (χ4v) is 5.94. The summed E-state index contributed by atoms with van der Waals surface area (Å²) < 4.78 is 71.4. The molecule has 0 atom stereocenters. The van der Waals surface area contributed by atoms with E-state index in [1.54, 1.807) is 48.5 Å². The van der Waals surface area contributed by atoms with E-state index in [1.165, 1.54) is 9.80 Å². The van der Waals surface area contributed by atoms with Crippen molar-refractivity contribution in [1.29, 1.82) is 0 Å². The van der Waals surface area contributed by atoms with Gasteiger partial charge >= 0.3 is 0 Å². The summed E-state index contributed by atoms with van der Waals surface area (Å²) in [4.78, 5) is 51.7. The summed E-state index contributed by atoms with van der Waals surface area (Å²) in [7, 11) is 0. The first-order valence-electron chi connectivity index (χ1n) is 21.5. The predicted molar refractivity (Wildman–Crippen MR) is 224 cm³/mol. The quantitative estimate of drug-likeness (QED) is 0.0691. The first-order valence-corrected chi connectivity index (χ1v) is 21.5.